The zero-order chi connectivity index (χ0) is 9.68. The third kappa shape index (κ3) is 4.21. The van der Waals surface area contributed by atoms with E-state index in [-0.39, 0.29) is 12.0 Å². The second-order valence-corrected chi connectivity index (χ2v) is 3.36. The molecule has 0 saturated carbocycles. The highest BCUT2D eigenvalue weighted by molar-refractivity contribution is 5.75. The fraction of sp³-hybridized carbons (Fsp3) is 0.875. The van der Waals surface area contributed by atoms with Gasteiger partial charge in [0.25, 0.3) is 0 Å². The number of carbonyl (C=O) groups excluding carboxylic acids is 1. The smallest absolute Gasteiger partial charge is 0.231 e. The molecular weight excluding hydrogens is 170 g/mol. The van der Waals surface area contributed by atoms with Gasteiger partial charge in [0.05, 0.1) is 19.3 Å². The normalized spacial score (nSPS) is 23.4. The van der Waals surface area contributed by atoms with Crippen LogP contribution in [0, 0.1) is 0 Å². The Morgan fingerprint density at radius 2 is 2.54 bits per heavy atom. The molecule has 1 saturated heterocycles. The summed E-state index contributed by atoms with van der Waals surface area (Å²) in [5.74, 6) is -0.300. The summed E-state index contributed by atoms with van der Waals surface area (Å²) in [6.45, 7) is 3.55. The van der Waals surface area contributed by atoms with Crippen LogP contribution in [0.25, 0.3) is 0 Å². The molecule has 1 rings (SSSR count). The van der Waals surface area contributed by atoms with Crippen molar-refractivity contribution >= 4 is 5.91 Å². The maximum atomic E-state index is 10.6. The van der Waals surface area contributed by atoms with Crippen LogP contribution in [0.1, 0.15) is 0 Å². The van der Waals surface area contributed by atoms with Gasteiger partial charge >= 0.3 is 0 Å². The van der Waals surface area contributed by atoms with Gasteiger partial charge in [-0.3, -0.25) is 9.69 Å². The second-order valence-electron chi connectivity index (χ2n) is 3.36. The van der Waals surface area contributed by atoms with Crippen LogP contribution in [0.4, 0.5) is 0 Å². The molecule has 76 valence electrons. The molecule has 1 aliphatic rings. The Hall–Kier alpha value is -0.650. The molecule has 13 heavy (non-hydrogen) atoms. The summed E-state index contributed by atoms with van der Waals surface area (Å²) in [7, 11) is 1.86. The topological polar surface area (TPSA) is 67.6 Å². The van der Waals surface area contributed by atoms with Crippen LogP contribution < -0.4 is 11.1 Å². The maximum Gasteiger partial charge on any atom is 0.231 e. The molecule has 1 amide bonds. The molecule has 0 radical (unpaired) electrons. The van der Waals surface area contributed by atoms with Crippen molar-refractivity contribution in [3.63, 3.8) is 0 Å². The summed E-state index contributed by atoms with van der Waals surface area (Å²) >= 11 is 0. The van der Waals surface area contributed by atoms with E-state index in [1.54, 1.807) is 0 Å². The van der Waals surface area contributed by atoms with Crippen LogP contribution in [0.5, 0.6) is 0 Å². The number of rotatable bonds is 4. The molecular formula is C8H17N3O2. The van der Waals surface area contributed by atoms with Crippen LogP contribution in [0.2, 0.25) is 0 Å². The fourth-order valence-corrected chi connectivity index (χ4v) is 1.42. The summed E-state index contributed by atoms with van der Waals surface area (Å²) in [6, 6.07) is 0. The Kier molecular flexibility index (Phi) is 4.14. The molecule has 5 nitrogen and oxygen atoms in total. The van der Waals surface area contributed by atoms with Crippen LogP contribution in [-0.2, 0) is 9.53 Å². The van der Waals surface area contributed by atoms with Gasteiger partial charge in [0.2, 0.25) is 5.91 Å². The van der Waals surface area contributed by atoms with Crippen molar-refractivity contribution in [3.05, 3.63) is 0 Å². The highest BCUT2D eigenvalue weighted by Gasteiger charge is 2.15. The van der Waals surface area contributed by atoms with E-state index in [9.17, 15) is 4.79 Å². The zero-order valence-corrected chi connectivity index (χ0v) is 7.95. The van der Waals surface area contributed by atoms with Crippen molar-refractivity contribution in [1.29, 1.82) is 0 Å². The molecule has 1 aliphatic heterocycles. The predicted molar refractivity (Wildman–Crippen MR) is 49.3 cm³/mol. The van der Waals surface area contributed by atoms with Gasteiger partial charge in [-0.25, -0.2) is 0 Å². The van der Waals surface area contributed by atoms with Crippen molar-refractivity contribution in [1.82, 2.24) is 10.2 Å². The lowest BCUT2D eigenvalue weighted by atomic mass is 10.3. The molecule has 0 aromatic heterocycles. The van der Waals surface area contributed by atoms with E-state index < -0.39 is 0 Å². The lowest BCUT2D eigenvalue weighted by molar-refractivity contribution is -0.119. The summed E-state index contributed by atoms with van der Waals surface area (Å²) in [5.41, 5.74) is 5.06. The second kappa shape index (κ2) is 5.16. The van der Waals surface area contributed by atoms with Crippen molar-refractivity contribution < 1.29 is 9.53 Å². The van der Waals surface area contributed by atoms with Gasteiger partial charge in [0.15, 0.2) is 0 Å². The Bertz CT molecular complexity index is 169. The van der Waals surface area contributed by atoms with Crippen molar-refractivity contribution in [2.45, 2.75) is 6.10 Å². The molecule has 0 aromatic rings. The number of nitrogens with one attached hydrogen (secondary N) is 1. The molecule has 1 fully saturated rings. The number of amides is 1. The van der Waals surface area contributed by atoms with E-state index in [1.165, 1.54) is 0 Å². The average molecular weight is 187 g/mol. The number of hydrogen-bond donors (Lipinski definition) is 2. The maximum absolute atomic E-state index is 10.6. The molecule has 0 aliphatic carbocycles. The van der Waals surface area contributed by atoms with Gasteiger partial charge in [0, 0.05) is 19.6 Å². The number of carbonyl (C=O) groups is 1. The lowest BCUT2D eigenvalue weighted by Gasteiger charge is -2.27. The first-order valence-electron chi connectivity index (χ1n) is 4.47. The Balaban J connectivity index is 2.18. The number of primary amides is 1. The van der Waals surface area contributed by atoms with Gasteiger partial charge in [-0.2, -0.15) is 0 Å². The monoisotopic (exact) mass is 187 g/mol. The lowest BCUT2D eigenvalue weighted by Crippen LogP contribution is -2.45. The number of nitrogens with two attached hydrogens (primary N) is 1. The highest BCUT2D eigenvalue weighted by Crippen LogP contribution is 1.97. The standard InChI is InChI=1S/C8H17N3O2/c1-11(6-8(9)12)5-7-4-10-2-3-13-7/h7,10H,2-6H2,1H3,(H2,9,12)/t7-/m1/s1. The van der Waals surface area contributed by atoms with E-state index in [0.29, 0.717) is 6.54 Å². The van der Waals surface area contributed by atoms with Gasteiger partial charge < -0.3 is 15.8 Å². The minimum absolute atomic E-state index is 0.179. The fourth-order valence-electron chi connectivity index (χ4n) is 1.42. The number of ether oxygens (including phenoxy) is 1. The number of hydrogen-bond acceptors (Lipinski definition) is 4. The Morgan fingerprint density at radius 3 is 3.08 bits per heavy atom. The highest BCUT2D eigenvalue weighted by atomic mass is 16.5. The van der Waals surface area contributed by atoms with Crippen molar-refractivity contribution in [3.8, 4) is 0 Å². The molecule has 1 atom stereocenters. The van der Waals surface area contributed by atoms with Crippen LogP contribution in [-0.4, -0.2) is 56.7 Å². The van der Waals surface area contributed by atoms with E-state index in [2.05, 4.69) is 5.32 Å². The third-order valence-corrected chi connectivity index (χ3v) is 1.95. The number of morpholine rings is 1. The minimum Gasteiger partial charge on any atom is -0.374 e. The first-order valence-corrected chi connectivity index (χ1v) is 4.47. The van der Waals surface area contributed by atoms with E-state index >= 15 is 0 Å². The molecule has 3 N–H and O–H groups in total. The van der Waals surface area contributed by atoms with Gasteiger partial charge in [0.1, 0.15) is 0 Å². The molecule has 0 unspecified atom stereocenters. The summed E-state index contributed by atoms with van der Waals surface area (Å²) in [6.07, 6.45) is 0.179. The molecule has 5 heteroatoms. The zero-order valence-electron chi connectivity index (χ0n) is 7.95. The Labute approximate surface area is 78.2 Å². The van der Waals surface area contributed by atoms with E-state index in [0.717, 1.165) is 26.2 Å². The van der Waals surface area contributed by atoms with Crippen molar-refractivity contribution in [2.24, 2.45) is 5.73 Å². The first kappa shape index (κ1) is 10.4. The van der Waals surface area contributed by atoms with Crippen LogP contribution in [0.15, 0.2) is 0 Å². The third-order valence-electron chi connectivity index (χ3n) is 1.95. The summed E-state index contributed by atoms with van der Waals surface area (Å²) < 4.78 is 5.47. The minimum atomic E-state index is -0.300. The van der Waals surface area contributed by atoms with Crippen molar-refractivity contribution in [2.75, 3.05) is 39.8 Å². The number of likely N-dealkylation sites (N-methyl/N-ethyl adjacent to an activating group) is 1. The van der Waals surface area contributed by atoms with Gasteiger partial charge in [-0.1, -0.05) is 0 Å². The molecule has 0 aromatic carbocycles. The molecule has 1 heterocycles. The molecule has 0 spiro atoms. The predicted octanol–water partition coefficient (Wildman–Crippen LogP) is -1.61. The Morgan fingerprint density at radius 1 is 1.77 bits per heavy atom. The molecule has 0 bridgehead atoms. The van der Waals surface area contributed by atoms with Crippen LogP contribution in [0.3, 0.4) is 0 Å². The largest absolute Gasteiger partial charge is 0.374 e. The average Bonchev–Trinajstić information content (AvgIpc) is 2.04. The quantitative estimate of drug-likeness (QED) is 0.556. The van der Waals surface area contributed by atoms with E-state index in [1.807, 2.05) is 11.9 Å². The first-order chi connectivity index (χ1) is 6.18. The number of nitrogens with zero attached hydrogens (tertiary/aromatic N) is 1. The van der Waals surface area contributed by atoms with Crippen LogP contribution >= 0.6 is 0 Å². The summed E-state index contributed by atoms with van der Waals surface area (Å²) in [4.78, 5) is 12.5. The van der Waals surface area contributed by atoms with E-state index in [4.69, 9.17) is 10.5 Å². The van der Waals surface area contributed by atoms with Gasteiger partial charge in [-0.15, -0.1) is 0 Å². The van der Waals surface area contributed by atoms with Gasteiger partial charge in [-0.05, 0) is 7.05 Å². The SMILES string of the molecule is CN(CC(N)=O)C[C@H]1CNCCO1. The summed E-state index contributed by atoms with van der Waals surface area (Å²) in [5, 5.41) is 3.23.